The highest BCUT2D eigenvalue weighted by Crippen LogP contribution is 2.25. The number of nitrogens with zero attached hydrogens (tertiary/aromatic N) is 2. The van der Waals surface area contributed by atoms with Crippen molar-refractivity contribution < 1.29 is 5.11 Å². The Labute approximate surface area is 110 Å². The van der Waals surface area contributed by atoms with Crippen molar-refractivity contribution in [2.24, 2.45) is 5.92 Å². The van der Waals surface area contributed by atoms with E-state index in [1.165, 1.54) is 5.56 Å². The van der Waals surface area contributed by atoms with E-state index in [4.69, 9.17) is 5.11 Å². The first-order valence-electron chi connectivity index (χ1n) is 6.83. The Balaban J connectivity index is 2.02. The average Bonchev–Trinajstić information content (AvgIpc) is 2.38. The predicted molar refractivity (Wildman–Crippen MR) is 75.0 cm³/mol. The Morgan fingerprint density at radius 2 is 1.94 bits per heavy atom. The first-order valence-corrected chi connectivity index (χ1v) is 6.83. The molecule has 1 aromatic heterocycles. The number of hydrogen-bond acceptors (Lipinski definition) is 3. The summed E-state index contributed by atoms with van der Waals surface area (Å²) in [5, 5.41) is 9.14. The van der Waals surface area contributed by atoms with Crippen molar-refractivity contribution in [1.29, 1.82) is 0 Å². The van der Waals surface area contributed by atoms with Crippen LogP contribution >= 0.6 is 0 Å². The number of hydrogen-bond donors (Lipinski definition) is 1. The molecule has 0 amide bonds. The SMILES string of the molecule is CC(C)(C)c1ccc(N2CCC(CO)CC2)nc1. The number of aliphatic hydroxyl groups is 1. The van der Waals surface area contributed by atoms with Crippen molar-refractivity contribution in [1.82, 2.24) is 4.98 Å². The lowest BCUT2D eigenvalue weighted by atomic mass is 9.88. The summed E-state index contributed by atoms with van der Waals surface area (Å²) in [5.74, 6) is 1.55. The molecule has 1 aromatic rings. The zero-order valence-corrected chi connectivity index (χ0v) is 11.7. The summed E-state index contributed by atoms with van der Waals surface area (Å²) in [6.45, 7) is 8.95. The number of aromatic nitrogens is 1. The maximum atomic E-state index is 9.14. The van der Waals surface area contributed by atoms with Crippen molar-refractivity contribution in [3.63, 3.8) is 0 Å². The average molecular weight is 248 g/mol. The molecule has 3 nitrogen and oxygen atoms in total. The zero-order chi connectivity index (χ0) is 13.2. The molecule has 0 spiro atoms. The number of aliphatic hydroxyl groups excluding tert-OH is 1. The monoisotopic (exact) mass is 248 g/mol. The highest BCUT2D eigenvalue weighted by atomic mass is 16.3. The summed E-state index contributed by atoms with van der Waals surface area (Å²) in [4.78, 5) is 6.90. The van der Waals surface area contributed by atoms with Crippen molar-refractivity contribution in [3.05, 3.63) is 23.9 Å². The molecule has 0 aliphatic carbocycles. The normalized spacial score (nSPS) is 18.1. The van der Waals surface area contributed by atoms with Gasteiger partial charge in [-0.25, -0.2) is 4.98 Å². The third-order valence-corrected chi connectivity index (χ3v) is 3.81. The van der Waals surface area contributed by atoms with E-state index >= 15 is 0 Å². The van der Waals surface area contributed by atoms with Crippen molar-refractivity contribution in [2.45, 2.75) is 39.0 Å². The Hall–Kier alpha value is -1.09. The minimum Gasteiger partial charge on any atom is -0.396 e. The molecule has 0 unspecified atom stereocenters. The second-order valence-corrected chi connectivity index (χ2v) is 6.27. The van der Waals surface area contributed by atoms with Crippen LogP contribution in [0, 0.1) is 5.92 Å². The maximum Gasteiger partial charge on any atom is 0.128 e. The molecule has 0 aromatic carbocycles. The van der Waals surface area contributed by atoms with Crippen LogP contribution in [-0.4, -0.2) is 29.8 Å². The minimum absolute atomic E-state index is 0.162. The maximum absolute atomic E-state index is 9.14. The second kappa shape index (κ2) is 5.27. The van der Waals surface area contributed by atoms with Gasteiger partial charge >= 0.3 is 0 Å². The molecule has 0 atom stereocenters. The van der Waals surface area contributed by atoms with Gasteiger partial charge in [-0.05, 0) is 35.8 Å². The van der Waals surface area contributed by atoms with Gasteiger partial charge in [0, 0.05) is 25.9 Å². The first kappa shape index (κ1) is 13.3. The van der Waals surface area contributed by atoms with E-state index in [0.717, 1.165) is 31.7 Å². The van der Waals surface area contributed by atoms with Crippen molar-refractivity contribution in [2.75, 3.05) is 24.6 Å². The van der Waals surface area contributed by atoms with Gasteiger partial charge in [0.05, 0.1) is 0 Å². The fourth-order valence-corrected chi connectivity index (χ4v) is 2.36. The van der Waals surface area contributed by atoms with E-state index in [1.807, 2.05) is 6.20 Å². The molecular formula is C15H24N2O. The van der Waals surface area contributed by atoms with Crippen LogP contribution in [0.1, 0.15) is 39.2 Å². The molecule has 1 aliphatic rings. The van der Waals surface area contributed by atoms with Gasteiger partial charge in [0.25, 0.3) is 0 Å². The number of anilines is 1. The molecule has 2 heterocycles. The number of piperidine rings is 1. The molecule has 2 rings (SSSR count). The number of pyridine rings is 1. The molecule has 1 N–H and O–H groups in total. The smallest absolute Gasteiger partial charge is 0.128 e. The predicted octanol–water partition coefficient (Wildman–Crippen LogP) is 2.59. The lowest BCUT2D eigenvalue weighted by molar-refractivity contribution is 0.203. The van der Waals surface area contributed by atoms with Gasteiger partial charge in [-0.2, -0.15) is 0 Å². The van der Waals surface area contributed by atoms with Gasteiger partial charge in [0.15, 0.2) is 0 Å². The lowest BCUT2D eigenvalue weighted by Crippen LogP contribution is -2.35. The van der Waals surface area contributed by atoms with Crippen molar-refractivity contribution in [3.8, 4) is 0 Å². The Morgan fingerprint density at radius 1 is 1.28 bits per heavy atom. The van der Waals surface area contributed by atoms with E-state index < -0.39 is 0 Å². The van der Waals surface area contributed by atoms with Crippen LogP contribution in [0.15, 0.2) is 18.3 Å². The highest BCUT2D eigenvalue weighted by molar-refractivity contribution is 5.40. The quantitative estimate of drug-likeness (QED) is 0.874. The molecule has 0 saturated carbocycles. The first-order chi connectivity index (χ1) is 8.50. The van der Waals surface area contributed by atoms with Crippen LogP contribution in [0.25, 0.3) is 0 Å². The van der Waals surface area contributed by atoms with Crippen LogP contribution in [0.3, 0.4) is 0 Å². The van der Waals surface area contributed by atoms with Gasteiger partial charge in [0.2, 0.25) is 0 Å². The van der Waals surface area contributed by atoms with Crippen LogP contribution in [0.5, 0.6) is 0 Å². The van der Waals surface area contributed by atoms with Crippen LogP contribution in [-0.2, 0) is 5.41 Å². The fraction of sp³-hybridized carbons (Fsp3) is 0.667. The fourth-order valence-electron chi connectivity index (χ4n) is 2.36. The summed E-state index contributed by atoms with van der Waals surface area (Å²) in [5.41, 5.74) is 1.44. The summed E-state index contributed by atoms with van der Waals surface area (Å²) < 4.78 is 0. The molecule has 1 saturated heterocycles. The van der Waals surface area contributed by atoms with Gasteiger partial charge in [-0.15, -0.1) is 0 Å². The van der Waals surface area contributed by atoms with Gasteiger partial charge in [-0.3, -0.25) is 0 Å². The van der Waals surface area contributed by atoms with E-state index in [1.54, 1.807) is 0 Å². The molecular weight excluding hydrogens is 224 g/mol. The number of rotatable bonds is 2. The molecule has 18 heavy (non-hydrogen) atoms. The molecule has 1 aliphatic heterocycles. The molecule has 100 valence electrons. The van der Waals surface area contributed by atoms with Crippen LogP contribution in [0.4, 0.5) is 5.82 Å². The Kier molecular flexibility index (Phi) is 3.91. The molecule has 0 radical (unpaired) electrons. The van der Waals surface area contributed by atoms with Gasteiger partial charge in [0.1, 0.15) is 5.82 Å². The minimum atomic E-state index is 0.162. The largest absolute Gasteiger partial charge is 0.396 e. The topological polar surface area (TPSA) is 36.4 Å². The van der Waals surface area contributed by atoms with E-state index in [9.17, 15) is 0 Å². The third kappa shape index (κ3) is 3.02. The van der Waals surface area contributed by atoms with E-state index in [0.29, 0.717) is 12.5 Å². The molecule has 1 fully saturated rings. The van der Waals surface area contributed by atoms with E-state index in [2.05, 4.69) is 42.8 Å². The Morgan fingerprint density at radius 3 is 2.39 bits per heavy atom. The van der Waals surface area contributed by atoms with Gasteiger partial charge < -0.3 is 10.0 Å². The Bertz CT molecular complexity index is 372. The van der Waals surface area contributed by atoms with Crippen molar-refractivity contribution >= 4 is 5.82 Å². The standard InChI is InChI=1S/C15H24N2O/c1-15(2,3)13-4-5-14(16-10-13)17-8-6-12(11-18)7-9-17/h4-5,10,12,18H,6-9,11H2,1-3H3. The summed E-state index contributed by atoms with van der Waals surface area (Å²) in [6, 6.07) is 4.31. The van der Waals surface area contributed by atoms with Crippen LogP contribution < -0.4 is 4.90 Å². The summed E-state index contributed by atoms with van der Waals surface area (Å²) in [6.07, 6.45) is 4.13. The third-order valence-electron chi connectivity index (χ3n) is 3.81. The van der Waals surface area contributed by atoms with Crippen LogP contribution in [0.2, 0.25) is 0 Å². The molecule has 0 bridgehead atoms. The molecule has 3 heteroatoms. The van der Waals surface area contributed by atoms with Gasteiger partial charge in [-0.1, -0.05) is 26.8 Å². The van der Waals surface area contributed by atoms with E-state index in [-0.39, 0.29) is 5.41 Å². The highest BCUT2D eigenvalue weighted by Gasteiger charge is 2.20. The zero-order valence-electron chi connectivity index (χ0n) is 11.7. The summed E-state index contributed by atoms with van der Waals surface area (Å²) in [7, 11) is 0. The lowest BCUT2D eigenvalue weighted by Gasteiger charge is -2.32. The second-order valence-electron chi connectivity index (χ2n) is 6.27. The summed E-state index contributed by atoms with van der Waals surface area (Å²) >= 11 is 0.